The number of nitrogens with two attached hydrogens (primary N) is 1. The number of hydrogen-bond donors (Lipinski definition) is 1. The molecule has 2 unspecified atom stereocenters. The molecule has 1 aliphatic rings. The summed E-state index contributed by atoms with van der Waals surface area (Å²) in [6, 6.07) is 0.505. The van der Waals surface area contributed by atoms with E-state index in [0.29, 0.717) is 12.0 Å². The molecule has 4 nitrogen and oxygen atoms in total. The van der Waals surface area contributed by atoms with E-state index in [-0.39, 0.29) is 12.4 Å². The molecule has 1 aromatic heterocycles. The molecule has 2 atom stereocenters. The van der Waals surface area contributed by atoms with E-state index in [4.69, 9.17) is 5.73 Å². The van der Waals surface area contributed by atoms with Crippen LogP contribution in [-0.4, -0.2) is 33.8 Å². The maximum atomic E-state index is 5.91. The second-order valence-corrected chi connectivity index (χ2v) is 5.81. The minimum Gasteiger partial charge on any atom is -0.329 e. The molecule has 1 aliphatic heterocycles. The summed E-state index contributed by atoms with van der Waals surface area (Å²) < 4.78 is 3.03. The van der Waals surface area contributed by atoms with Crippen LogP contribution in [0, 0.1) is 5.92 Å². The maximum Gasteiger partial charge on any atom is 0.0663 e. The van der Waals surface area contributed by atoms with E-state index in [1.54, 1.807) is 0 Å². The molecule has 1 fully saturated rings. The van der Waals surface area contributed by atoms with Gasteiger partial charge in [0.1, 0.15) is 0 Å². The van der Waals surface area contributed by atoms with Crippen LogP contribution in [0.25, 0.3) is 0 Å². The van der Waals surface area contributed by atoms with E-state index in [0.717, 1.165) is 24.1 Å². The van der Waals surface area contributed by atoms with Crippen LogP contribution < -0.4 is 5.73 Å². The summed E-state index contributed by atoms with van der Waals surface area (Å²) in [4.78, 5) is 2.50. The van der Waals surface area contributed by atoms with Crippen LogP contribution in [0.15, 0.2) is 10.7 Å². The normalized spacial score (nSPS) is 24.9. The highest BCUT2D eigenvalue weighted by atomic mass is 79.9. The van der Waals surface area contributed by atoms with E-state index in [9.17, 15) is 0 Å². The zero-order valence-corrected chi connectivity index (χ0v) is 13.4. The third kappa shape index (κ3) is 3.26. The van der Waals surface area contributed by atoms with Gasteiger partial charge in [0.05, 0.1) is 16.4 Å². The summed E-state index contributed by atoms with van der Waals surface area (Å²) in [5.74, 6) is 0.695. The average Bonchev–Trinajstić information content (AvgIpc) is 2.61. The third-order valence-electron chi connectivity index (χ3n) is 3.84. The second kappa shape index (κ2) is 6.89. The van der Waals surface area contributed by atoms with Crippen LogP contribution in [0.5, 0.6) is 0 Å². The van der Waals surface area contributed by atoms with Gasteiger partial charge in [-0.05, 0) is 41.2 Å². The summed E-state index contributed by atoms with van der Waals surface area (Å²) in [6.07, 6.45) is 4.43. The molecular formula is C12H22BrClN4. The Morgan fingerprint density at radius 1 is 1.56 bits per heavy atom. The van der Waals surface area contributed by atoms with Gasteiger partial charge >= 0.3 is 0 Å². The highest BCUT2D eigenvalue weighted by Crippen LogP contribution is 2.26. The van der Waals surface area contributed by atoms with Gasteiger partial charge in [0.15, 0.2) is 0 Å². The summed E-state index contributed by atoms with van der Waals surface area (Å²) in [5.41, 5.74) is 7.15. The smallest absolute Gasteiger partial charge is 0.0663 e. The molecule has 1 aromatic rings. The lowest BCUT2D eigenvalue weighted by molar-refractivity contribution is 0.0963. The Labute approximate surface area is 123 Å². The fourth-order valence-electron chi connectivity index (χ4n) is 2.72. The molecule has 2 heterocycles. The Morgan fingerprint density at radius 2 is 2.28 bits per heavy atom. The van der Waals surface area contributed by atoms with Crippen molar-refractivity contribution in [2.45, 2.75) is 32.4 Å². The van der Waals surface area contributed by atoms with Crippen LogP contribution in [0.4, 0.5) is 0 Å². The molecule has 2 N–H and O–H groups in total. The Kier molecular flexibility index (Phi) is 6.11. The summed E-state index contributed by atoms with van der Waals surface area (Å²) in [5, 5.41) is 4.26. The zero-order valence-electron chi connectivity index (χ0n) is 11.0. The number of piperidine rings is 1. The fourth-order valence-corrected chi connectivity index (χ4v) is 3.19. The van der Waals surface area contributed by atoms with Gasteiger partial charge in [-0.25, -0.2) is 0 Å². The molecule has 0 bridgehead atoms. The van der Waals surface area contributed by atoms with E-state index in [1.807, 2.05) is 17.9 Å². The number of aryl methyl sites for hydroxylation is 1. The van der Waals surface area contributed by atoms with E-state index in [2.05, 4.69) is 32.9 Å². The quantitative estimate of drug-likeness (QED) is 0.919. The Bertz CT molecular complexity index is 363. The molecule has 0 aromatic carbocycles. The highest BCUT2D eigenvalue weighted by Gasteiger charge is 2.28. The third-order valence-corrected chi connectivity index (χ3v) is 4.50. The van der Waals surface area contributed by atoms with Gasteiger partial charge in [0.25, 0.3) is 0 Å². The van der Waals surface area contributed by atoms with Crippen LogP contribution in [0.1, 0.15) is 25.5 Å². The first kappa shape index (κ1) is 16.0. The number of likely N-dealkylation sites (tertiary alicyclic amines) is 1. The number of halogens is 2. The molecule has 18 heavy (non-hydrogen) atoms. The number of aromatic nitrogens is 2. The molecule has 2 rings (SSSR count). The number of nitrogens with zero attached hydrogens (tertiary/aromatic N) is 3. The van der Waals surface area contributed by atoms with Crippen molar-refractivity contribution in [1.29, 1.82) is 0 Å². The molecule has 0 aliphatic carbocycles. The number of rotatable bonds is 3. The predicted molar refractivity (Wildman–Crippen MR) is 79.8 cm³/mol. The monoisotopic (exact) mass is 336 g/mol. The van der Waals surface area contributed by atoms with Crippen molar-refractivity contribution < 1.29 is 0 Å². The minimum absolute atomic E-state index is 0. The SMILES string of the molecule is CC1CCCN(Cc2c(Br)cnn2C)C1CN.Cl. The molecule has 0 radical (unpaired) electrons. The Balaban J connectivity index is 0.00000162. The van der Waals surface area contributed by atoms with Gasteiger partial charge in [-0.2, -0.15) is 5.10 Å². The maximum absolute atomic E-state index is 5.91. The lowest BCUT2D eigenvalue weighted by Crippen LogP contribution is -2.48. The van der Waals surface area contributed by atoms with Crippen LogP contribution >= 0.6 is 28.3 Å². The van der Waals surface area contributed by atoms with E-state index >= 15 is 0 Å². The molecule has 6 heteroatoms. The second-order valence-electron chi connectivity index (χ2n) is 4.96. The summed E-state index contributed by atoms with van der Waals surface area (Å²) >= 11 is 3.56. The van der Waals surface area contributed by atoms with Gasteiger partial charge < -0.3 is 5.73 Å². The average molecular weight is 338 g/mol. The first-order chi connectivity index (χ1) is 8.13. The topological polar surface area (TPSA) is 47.1 Å². The minimum atomic E-state index is 0. The van der Waals surface area contributed by atoms with Crippen LogP contribution in [0.2, 0.25) is 0 Å². The molecule has 104 valence electrons. The van der Waals surface area contributed by atoms with E-state index in [1.165, 1.54) is 18.5 Å². The predicted octanol–water partition coefficient (Wildman–Crippen LogP) is 2.16. The number of hydrogen-bond acceptors (Lipinski definition) is 3. The first-order valence-corrected chi connectivity index (χ1v) is 7.03. The first-order valence-electron chi connectivity index (χ1n) is 6.24. The molecule has 0 amide bonds. The van der Waals surface area contributed by atoms with Gasteiger partial charge in [-0.1, -0.05) is 6.92 Å². The lowest BCUT2D eigenvalue weighted by atomic mass is 9.91. The van der Waals surface area contributed by atoms with Crippen molar-refractivity contribution >= 4 is 28.3 Å². The van der Waals surface area contributed by atoms with Crippen molar-refractivity contribution in [2.24, 2.45) is 18.7 Å². The molecular weight excluding hydrogens is 316 g/mol. The van der Waals surface area contributed by atoms with Crippen molar-refractivity contribution in [1.82, 2.24) is 14.7 Å². The largest absolute Gasteiger partial charge is 0.329 e. The summed E-state index contributed by atoms with van der Waals surface area (Å²) in [6.45, 7) is 5.13. The van der Waals surface area contributed by atoms with Gasteiger partial charge in [0, 0.05) is 26.2 Å². The van der Waals surface area contributed by atoms with Gasteiger partial charge in [-0.3, -0.25) is 9.58 Å². The summed E-state index contributed by atoms with van der Waals surface area (Å²) in [7, 11) is 1.99. The standard InChI is InChI=1S/C12H21BrN4.ClH/c1-9-4-3-5-17(11(9)6-14)8-12-10(13)7-15-16(12)2;/h7,9,11H,3-6,8,14H2,1-2H3;1H. The van der Waals surface area contributed by atoms with Gasteiger partial charge in [-0.15, -0.1) is 12.4 Å². The Hall–Kier alpha value is -0.100. The van der Waals surface area contributed by atoms with E-state index < -0.39 is 0 Å². The van der Waals surface area contributed by atoms with Crippen LogP contribution in [0.3, 0.4) is 0 Å². The molecule has 0 spiro atoms. The van der Waals surface area contributed by atoms with Crippen molar-refractivity contribution in [2.75, 3.05) is 13.1 Å². The van der Waals surface area contributed by atoms with Crippen LogP contribution in [-0.2, 0) is 13.6 Å². The van der Waals surface area contributed by atoms with Gasteiger partial charge in [0.2, 0.25) is 0 Å². The van der Waals surface area contributed by atoms with Crippen molar-refractivity contribution in [3.8, 4) is 0 Å². The lowest BCUT2D eigenvalue weighted by Gasteiger charge is -2.39. The van der Waals surface area contributed by atoms with Crippen molar-refractivity contribution in [3.05, 3.63) is 16.4 Å². The molecule has 0 saturated carbocycles. The molecule has 1 saturated heterocycles. The highest BCUT2D eigenvalue weighted by molar-refractivity contribution is 9.10. The Morgan fingerprint density at radius 3 is 2.83 bits per heavy atom. The zero-order chi connectivity index (χ0) is 12.4. The fraction of sp³-hybridized carbons (Fsp3) is 0.750. The van der Waals surface area contributed by atoms with Crippen molar-refractivity contribution in [3.63, 3.8) is 0 Å².